The van der Waals surface area contributed by atoms with Crippen molar-refractivity contribution in [2.45, 2.75) is 11.8 Å². The van der Waals surface area contributed by atoms with E-state index in [1.807, 2.05) is 4.72 Å². The topological polar surface area (TPSA) is 90.3 Å². The maximum Gasteiger partial charge on any atom is 0.285 e. The van der Waals surface area contributed by atoms with Crippen LogP contribution in [-0.2, 0) is 10.0 Å². The van der Waals surface area contributed by atoms with Crippen molar-refractivity contribution in [2.75, 3.05) is 7.11 Å². The number of nitrogens with zero attached hydrogens (tertiary/aromatic N) is 2. The number of nitrogens with one attached hydrogen (secondary N) is 1. The van der Waals surface area contributed by atoms with E-state index in [4.69, 9.17) is 27.9 Å². The minimum atomic E-state index is -4.06. The second-order valence-corrected chi connectivity index (χ2v) is 8.34. The van der Waals surface area contributed by atoms with Crippen LogP contribution in [0.5, 0.6) is 5.75 Å². The van der Waals surface area contributed by atoms with Crippen LogP contribution < -0.4 is 9.46 Å². The molecule has 1 N–H and O–H groups in total. The Morgan fingerprint density at radius 2 is 1.71 bits per heavy atom. The lowest BCUT2D eigenvalue weighted by Gasteiger charge is -2.07. The molecule has 0 radical (unpaired) electrons. The number of rotatable bonds is 5. The highest BCUT2D eigenvalue weighted by molar-refractivity contribution is 7.90. The molecule has 0 saturated heterocycles. The normalized spacial score (nSPS) is 11.3. The second-order valence-electron chi connectivity index (χ2n) is 5.78. The SMILES string of the molecule is COc1ccc(S(=O)(=O)NC(=O)c2cn(-c3cc(Cl)cc(Cl)c3)c(C)n2)cc1. The summed E-state index contributed by atoms with van der Waals surface area (Å²) >= 11 is 12.0. The number of ether oxygens (including phenoxy) is 1. The van der Waals surface area contributed by atoms with E-state index in [0.717, 1.165) is 0 Å². The number of hydrogen-bond donors (Lipinski definition) is 1. The third-order valence-corrected chi connectivity index (χ3v) is 5.62. The summed E-state index contributed by atoms with van der Waals surface area (Å²) in [6.45, 7) is 1.67. The number of benzene rings is 2. The quantitative estimate of drug-likeness (QED) is 0.655. The van der Waals surface area contributed by atoms with Gasteiger partial charge in [-0.3, -0.25) is 4.79 Å². The predicted molar refractivity (Wildman–Crippen MR) is 106 cm³/mol. The molecule has 7 nitrogen and oxygen atoms in total. The molecule has 2 aromatic carbocycles. The number of sulfonamides is 1. The molecule has 3 rings (SSSR count). The molecule has 1 heterocycles. The van der Waals surface area contributed by atoms with E-state index in [9.17, 15) is 13.2 Å². The summed E-state index contributed by atoms with van der Waals surface area (Å²) in [5, 5.41) is 0.840. The maximum atomic E-state index is 12.4. The Balaban J connectivity index is 1.86. The Morgan fingerprint density at radius 1 is 1.11 bits per heavy atom. The first-order valence-electron chi connectivity index (χ1n) is 7.93. The van der Waals surface area contributed by atoms with E-state index < -0.39 is 15.9 Å². The van der Waals surface area contributed by atoms with Crippen LogP contribution in [0.1, 0.15) is 16.3 Å². The van der Waals surface area contributed by atoms with Crippen LogP contribution in [0.15, 0.2) is 53.6 Å². The zero-order chi connectivity index (χ0) is 20.5. The standard InChI is InChI=1S/C18H15Cl2N3O4S/c1-11-21-17(10-23(11)14-8-12(19)7-13(20)9-14)18(24)22-28(25,26)16-5-3-15(27-2)4-6-16/h3-10H,1-2H3,(H,22,24). The number of amides is 1. The van der Waals surface area contributed by atoms with Crippen LogP contribution in [0.2, 0.25) is 10.0 Å². The Kier molecular flexibility index (Phi) is 5.64. The van der Waals surface area contributed by atoms with E-state index in [1.54, 1.807) is 29.7 Å². The van der Waals surface area contributed by atoms with Crippen LogP contribution in [0.4, 0.5) is 0 Å². The van der Waals surface area contributed by atoms with Crippen molar-refractivity contribution in [1.82, 2.24) is 14.3 Å². The summed E-state index contributed by atoms with van der Waals surface area (Å²) in [5.74, 6) is 0.107. The molecule has 10 heteroatoms. The van der Waals surface area contributed by atoms with Crippen molar-refractivity contribution in [3.8, 4) is 11.4 Å². The van der Waals surface area contributed by atoms with Gasteiger partial charge in [0.2, 0.25) is 0 Å². The van der Waals surface area contributed by atoms with E-state index >= 15 is 0 Å². The Hall–Kier alpha value is -2.55. The van der Waals surface area contributed by atoms with E-state index in [2.05, 4.69) is 4.98 Å². The Bertz CT molecular complexity index is 1120. The highest BCUT2D eigenvalue weighted by atomic mass is 35.5. The van der Waals surface area contributed by atoms with Gasteiger partial charge in [0, 0.05) is 21.9 Å². The van der Waals surface area contributed by atoms with E-state index in [0.29, 0.717) is 27.3 Å². The van der Waals surface area contributed by atoms with Crippen molar-refractivity contribution >= 4 is 39.1 Å². The predicted octanol–water partition coefficient (Wildman–Crippen LogP) is 3.61. The third-order valence-electron chi connectivity index (χ3n) is 3.84. The summed E-state index contributed by atoms with van der Waals surface area (Å²) in [7, 11) is -2.59. The van der Waals surface area contributed by atoms with Gasteiger partial charge in [-0.1, -0.05) is 23.2 Å². The molecule has 0 bridgehead atoms. The van der Waals surface area contributed by atoms with Gasteiger partial charge in [-0.05, 0) is 49.4 Å². The van der Waals surface area contributed by atoms with Gasteiger partial charge in [-0.25, -0.2) is 18.1 Å². The van der Waals surface area contributed by atoms with Crippen LogP contribution in [-0.4, -0.2) is 31.0 Å². The number of imidazole rings is 1. The first-order chi connectivity index (χ1) is 13.2. The highest BCUT2D eigenvalue weighted by Crippen LogP contribution is 2.23. The van der Waals surface area contributed by atoms with Crippen molar-refractivity contribution < 1.29 is 17.9 Å². The second kappa shape index (κ2) is 7.83. The zero-order valence-electron chi connectivity index (χ0n) is 14.8. The lowest BCUT2D eigenvalue weighted by molar-refractivity contribution is 0.0977. The number of hydrogen-bond acceptors (Lipinski definition) is 5. The largest absolute Gasteiger partial charge is 0.497 e. The van der Waals surface area contributed by atoms with Crippen molar-refractivity contribution in [3.63, 3.8) is 0 Å². The molecule has 0 atom stereocenters. The fourth-order valence-electron chi connectivity index (χ4n) is 2.51. The summed E-state index contributed by atoms with van der Waals surface area (Å²) in [6, 6.07) is 10.5. The van der Waals surface area contributed by atoms with Gasteiger partial charge in [-0.2, -0.15) is 0 Å². The van der Waals surface area contributed by atoms with Gasteiger partial charge in [-0.15, -0.1) is 0 Å². The smallest absolute Gasteiger partial charge is 0.285 e. The lowest BCUT2D eigenvalue weighted by Crippen LogP contribution is -2.30. The minimum absolute atomic E-state index is 0.0642. The zero-order valence-corrected chi connectivity index (χ0v) is 17.1. The fraction of sp³-hybridized carbons (Fsp3) is 0.111. The van der Waals surface area contributed by atoms with Crippen LogP contribution >= 0.6 is 23.2 Å². The first-order valence-corrected chi connectivity index (χ1v) is 10.2. The van der Waals surface area contributed by atoms with Gasteiger partial charge in [0.05, 0.1) is 12.0 Å². The van der Waals surface area contributed by atoms with Gasteiger partial charge in [0.15, 0.2) is 0 Å². The molecular formula is C18H15Cl2N3O4S. The van der Waals surface area contributed by atoms with Crippen LogP contribution in [0, 0.1) is 6.92 Å². The molecule has 1 amide bonds. The number of aromatic nitrogens is 2. The molecule has 0 aliphatic rings. The summed E-state index contributed by atoms with van der Waals surface area (Å²) in [6.07, 6.45) is 1.41. The summed E-state index contributed by atoms with van der Waals surface area (Å²) in [5.41, 5.74) is 0.533. The van der Waals surface area contributed by atoms with E-state index in [-0.39, 0.29) is 10.6 Å². The van der Waals surface area contributed by atoms with Crippen molar-refractivity contribution in [2.24, 2.45) is 0 Å². The summed E-state index contributed by atoms with van der Waals surface area (Å²) < 4.78 is 33.4. The molecule has 0 unspecified atom stereocenters. The van der Waals surface area contributed by atoms with Gasteiger partial charge >= 0.3 is 0 Å². The monoisotopic (exact) mass is 439 g/mol. The number of halogens is 2. The Morgan fingerprint density at radius 3 is 2.29 bits per heavy atom. The van der Waals surface area contributed by atoms with Crippen LogP contribution in [0.25, 0.3) is 5.69 Å². The van der Waals surface area contributed by atoms with Crippen molar-refractivity contribution in [3.05, 3.63) is 70.2 Å². The molecule has 1 aromatic heterocycles. The highest BCUT2D eigenvalue weighted by Gasteiger charge is 2.21. The third kappa shape index (κ3) is 4.30. The lowest BCUT2D eigenvalue weighted by atomic mass is 10.3. The van der Waals surface area contributed by atoms with E-state index in [1.165, 1.54) is 37.6 Å². The number of carbonyl (C=O) groups excluding carboxylic acids is 1. The first kappa shape index (κ1) is 20.2. The fourth-order valence-corrected chi connectivity index (χ4v) is 3.99. The molecular weight excluding hydrogens is 425 g/mol. The number of aryl methyl sites for hydroxylation is 1. The molecule has 0 fully saturated rings. The molecule has 146 valence electrons. The average molecular weight is 440 g/mol. The minimum Gasteiger partial charge on any atom is -0.497 e. The number of methoxy groups -OCH3 is 1. The molecule has 28 heavy (non-hydrogen) atoms. The molecule has 3 aromatic rings. The molecule has 0 spiro atoms. The molecule has 0 saturated carbocycles. The van der Waals surface area contributed by atoms with Crippen LogP contribution in [0.3, 0.4) is 0 Å². The summed E-state index contributed by atoms with van der Waals surface area (Å²) in [4.78, 5) is 16.5. The number of carbonyl (C=O) groups is 1. The molecule has 0 aliphatic carbocycles. The maximum absolute atomic E-state index is 12.4. The Labute approximate surface area is 171 Å². The molecule has 0 aliphatic heterocycles. The van der Waals surface area contributed by atoms with Gasteiger partial charge in [0.25, 0.3) is 15.9 Å². The van der Waals surface area contributed by atoms with Gasteiger partial charge in [0.1, 0.15) is 17.3 Å². The van der Waals surface area contributed by atoms with Gasteiger partial charge < -0.3 is 9.30 Å². The average Bonchev–Trinajstić information content (AvgIpc) is 3.02. The van der Waals surface area contributed by atoms with Crippen molar-refractivity contribution in [1.29, 1.82) is 0 Å².